The number of alkyl halides is 3. The fourth-order valence-electron chi connectivity index (χ4n) is 3.06. The van der Waals surface area contributed by atoms with Crippen LogP contribution in [0.5, 0.6) is 0 Å². The molecule has 1 amide bonds. The highest BCUT2D eigenvalue weighted by atomic mass is 35.5. The normalized spacial score (nSPS) is 20.8. The molecule has 0 bridgehead atoms. The highest BCUT2D eigenvalue weighted by Gasteiger charge is 2.47. The molecule has 3 unspecified atom stereocenters. The Balaban J connectivity index is 1.68. The van der Waals surface area contributed by atoms with Gasteiger partial charge in [-0.3, -0.25) is 4.79 Å². The Bertz CT molecular complexity index is 773. The second-order valence-electron chi connectivity index (χ2n) is 6.32. The van der Waals surface area contributed by atoms with Gasteiger partial charge in [0.2, 0.25) is 5.91 Å². The first-order valence-corrected chi connectivity index (χ1v) is 8.37. The quantitative estimate of drug-likeness (QED) is 0.776. The van der Waals surface area contributed by atoms with Gasteiger partial charge in [0.1, 0.15) is 0 Å². The van der Waals surface area contributed by atoms with E-state index in [9.17, 15) is 18.0 Å². The zero-order chi connectivity index (χ0) is 18.2. The number of amides is 1. The summed E-state index contributed by atoms with van der Waals surface area (Å²) in [4.78, 5) is 12.4. The van der Waals surface area contributed by atoms with E-state index < -0.39 is 17.7 Å². The van der Waals surface area contributed by atoms with Gasteiger partial charge < -0.3 is 5.32 Å². The smallest absolute Gasteiger partial charge is 0.349 e. The van der Waals surface area contributed by atoms with E-state index in [1.165, 1.54) is 12.1 Å². The number of carbonyl (C=O) groups is 1. The summed E-state index contributed by atoms with van der Waals surface area (Å²) in [6.45, 7) is 1.84. The molecule has 0 heterocycles. The van der Waals surface area contributed by atoms with Crippen molar-refractivity contribution in [3.05, 3.63) is 70.2 Å². The minimum absolute atomic E-state index is 0.203. The van der Waals surface area contributed by atoms with Crippen LogP contribution in [0.4, 0.5) is 13.2 Å². The third kappa shape index (κ3) is 3.98. The van der Waals surface area contributed by atoms with Crippen LogP contribution in [0.15, 0.2) is 48.5 Å². The Kier molecular flexibility index (Phi) is 4.78. The molecular weight excluding hydrogens is 351 g/mol. The third-order valence-corrected chi connectivity index (χ3v) is 4.77. The summed E-state index contributed by atoms with van der Waals surface area (Å²) in [6, 6.07) is 12.3. The molecule has 1 saturated carbocycles. The molecule has 3 atom stereocenters. The van der Waals surface area contributed by atoms with Gasteiger partial charge in [-0.15, -0.1) is 0 Å². The first-order chi connectivity index (χ1) is 11.8. The van der Waals surface area contributed by atoms with E-state index in [1.807, 2.05) is 19.1 Å². The number of benzene rings is 2. The van der Waals surface area contributed by atoms with Crippen molar-refractivity contribution >= 4 is 17.5 Å². The van der Waals surface area contributed by atoms with E-state index in [0.717, 1.165) is 11.6 Å². The average molecular weight is 368 g/mol. The van der Waals surface area contributed by atoms with Gasteiger partial charge in [-0.25, -0.2) is 0 Å². The van der Waals surface area contributed by atoms with Crippen molar-refractivity contribution in [2.45, 2.75) is 31.5 Å². The monoisotopic (exact) mass is 367 g/mol. The van der Waals surface area contributed by atoms with Gasteiger partial charge in [0, 0.05) is 10.9 Å². The summed E-state index contributed by atoms with van der Waals surface area (Å²) in [5, 5.41) is 3.48. The minimum Gasteiger partial charge on any atom is -0.349 e. The van der Waals surface area contributed by atoms with Crippen LogP contribution in [0.2, 0.25) is 5.02 Å². The molecule has 2 aromatic carbocycles. The number of hydrogen-bond donors (Lipinski definition) is 1. The van der Waals surface area contributed by atoms with Crippen LogP contribution >= 0.6 is 11.6 Å². The molecule has 0 aromatic heterocycles. The van der Waals surface area contributed by atoms with Gasteiger partial charge in [-0.2, -0.15) is 13.2 Å². The van der Waals surface area contributed by atoms with Crippen LogP contribution < -0.4 is 5.32 Å². The van der Waals surface area contributed by atoms with E-state index in [4.69, 9.17) is 11.6 Å². The van der Waals surface area contributed by atoms with Crippen molar-refractivity contribution in [3.63, 3.8) is 0 Å². The molecular formula is C19H17ClF3NO. The van der Waals surface area contributed by atoms with Crippen LogP contribution in [0.1, 0.15) is 42.0 Å². The van der Waals surface area contributed by atoms with Crippen LogP contribution in [0, 0.1) is 5.92 Å². The fourth-order valence-corrected chi connectivity index (χ4v) is 3.19. The molecule has 1 N–H and O–H groups in total. The zero-order valence-electron chi connectivity index (χ0n) is 13.5. The van der Waals surface area contributed by atoms with E-state index in [1.54, 1.807) is 18.2 Å². The van der Waals surface area contributed by atoms with Gasteiger partial charge in [0.15, 0.2) is 0 Å². The van der Waals surface area contributed by atoms with Gasteiger partial charge >= 0.3 is 6.18 Å². The topological polar surface area (TPSA) is 29.1 Å². The van der Waals surface area contributed by atoms with Gasteiger partial charge in [0.25, 0.3) is 0 Å². The van der Waals surface area contributed by atoms with E-state index in [-0.39, 0.29) is 23.4 Å². The number of halogens is 4. The Hall–Kier alpha value is -2.01. The Morgan fingerprint density at radius 3 is 2.44 bits per heavy atom. The van der Waals surface area contributed by atoms with Gasteiger partial charge in [-0.1, -0.05) is 41.9 Å². The highest BCUT2D eigenvalue weighted by Crippen LogP contribution is 2.51. The SMILES string of the molecule is CC(NC(=O)C1CC1c1ccccc1C(F)(F)F)c1ccc(Cl)cc1. The van der Waals surface area contributed by atoms with Crippen LogP contribution in [0.25, 0.3) is 0 Å². The fraction of sp³-hybridized carbons (Fsp3) is 0.316. The molecule has 1 fully saturated rings. The molecule has 0 spiro atoms. The lowest BCUT2D eigenvalue weighted by molar-refractivity contribution is -0.138. The third-order valence-electron chi connectivity index (χ3n) is 4.52. The van der Waals surface area contributed by atoms with E-state index >= 15 is 0 Å². The number of nitrogens with one attached hydrogen (secondary N) is 1. The summed E-state index contributed by atoms with van der Waals surface area (Å²) in [5.41, 5.74) is 0.445. The van der Waals surface area contributed by atoms with Gasteiger partial charge in [-0.05, 0) is 48.6 Å². The summed E-state index contributed by atoms with van der Waals surface area (Å²) in [6.07, 6.45) is -3.97. The summed E-state index contributed by atoms with van der Waals surface area (Å²) >= 11 is 5.84. The largest absolute Gasteiger partial charge is 0.416 e. The molecule has 3 rings (SSSR count). The highest BCUT2D eigenvalue weighted by molar-refractivity contribution is 6.30. The standard InChI is InChI=1S/C19H17ClF3NO/c1-11(12-6-8-13(20)9-7-12)24-18(25)16-10-15(16)14-4-2-3-5-17(14)19(21,22)23/h2-9,11,15-16H,10H2,1H3,(H,24,25). The van der Waals surface area contributed by atoms with E-state index in [2.05, 4.69) is 5.32 Å². The minimum atomic E-state index is -4.41. The maximum absolute atomic E-state index is 13.1. The van der Waals surface area contributed by atoms with Crippen LogP contribution in [-0.2, 0) is 11.0 Å². The molecule has 1 aliphatic carbocycles. The van der Waals surface area contributed by atoms with Crippen molar-refractivity contribution in [2.24, 2.45) is 5.92 Å². The molecule has 25 heavy (non-hydrogen) atoms. The lowest BCUT2D eigenvalue weighted by Crippen LogP contribution is -2.28. The summed E-state index contributed by atoms with van der Waals surface area (Å²) in [7, 11) is 0. The second-order valence-corrected chi connectivity index (χ2v) is 6.75. The Morgan fingerprint density at radius 2 is 1.80 bits per heavy atom. The Morgan fingerprint density at radius 1 is 1.16 bits per heavy atom. The first-order valence-electron chi connectivity index (χ1n) is 7.99. The predicted molar refractivity (Wildman–Crippen MR) is 90.3 cm³/mol. The molecule has 2 nitrogen and oxygen atoms in total. The average Bonchev–Trinajstić information content (AvgIpc) is 3.35. The molecule has 0 radical (unpaired) electrons. The molecule has 0 aliphatic heterocycles. The van der Waals surface area contributed by atoms with E-state index in [0.29, 0.717) is 11.4 Å². The lowest BCUT2D eigenvalue weighted by atomic mass is 10.0. The number of rotatable bonds is 4. The predicted octanol–water partition coefficient (Wildman–Crippen LogP) is 5.34. The summed E-state index contributed by atoms with van der Waals surface area (Å²) in [5.74, 6) is -1.02. The van der Waals surface area contributed by atoms with Crippen molar-refractivity contribution in [3.8, 4) is 0 Å². The molecule has 0 saturated heterocycles. The first kappa shape index (κ1) is 17.8. The molecule has 1 aliphatic rings. The zero-order valence-corrected chi connectivity index (χ0v) is 14.2. The van der Waals surface area contributed by atoms with Crippen molar-refractivity contribution in [2.75, 3.05) is 0 Å². The molecule has 132 valence electrons. The van der Waals surface area contributed by atoms with Crippen molar-refractivity contribution in [1.82, 2.24) is 5.32 Å². The van der Waals surface area contributed by atoms with Crippen molar-refractivity contribution < 1.29 is 18.0 Å². The maximum atomic E-state index is 13.1. The van der Waals surface area contributed by atoms with Crippen LogP contribution in [0.3, 0.4) is 0 Å². The number of carbonyl (C=O) groups excluding carboxylic acids is 1. The van der Waals surface area contributed by atoms with Crippen LogP contribution in [-0.4, -0.2) is 5.91 Å². The number of hydrogen-bond acceptors (Lipinski definition) is 1. The molecule has 6 heteroatoms. The second kappa shape index (κ2) is 6.71. The van der Waals surface area contributed by atoms with Gasteiger partial charge in [0.05, 0.1) is 11.6 Å². The molecule has 2 aromatic rings. The Labute approximate surface area is 149 Å². The summed E-state index contributed by atoms with van der Waals surface area (Å²) < 4.78 is 39.4. The lowest BCUT2D eigenvalue weighted by Gasteiger charge is -2.15. The van der Waals surface area contributed by atoms with Crippen molar-refractivity contribution in [1.29, 1.82) is 0 Å². The maximum Gasteiger partial charge on any atom is 0.416 e.